The molecule has 0 aliphatic heterocycles. The minimum Gasteiger partial charge on any atom is -0.294 e. The molecule has 6 nitrogen and oxygen atoms in total. The fourth-order valence-electron chi connectivity index (χ4n) is 4.25. The fourth-order valence-corrected chi connectivity index (χ4v) is 4.61. The van der Waals surface area contributed by atoms with Gasteiger partial charge in [-0.05, 0) is 48.4 Å². The summed E-state index contributed by atoms with van der Waals surface area (Å²) in [5, 5.41) is 1.58. The van der Waals surface area contributed by atoms with E-state index in [2.05, 4.69) is 0 Å². The predicted molar refractivity (Wildman–Crippen MR) is 136 cm³/mol. The van der Waals surface area contributed by atoms with E-state index in [1.807, 2.05) is 72.2 Å². The van der Waals surface area contributed by atoms with Crippen molar-refractivity contribution in [1.29, 1.82) is 0 Å². The van der Waals surface area contributed by atoms with Crippen molar-refractivity contribution in [3.8, 4) is 5.69 Å². The molecule has 0 fully saturated rings. The van der Waals surface area contributed by atoms with Crippen LogP contribution in [-0.2, 0) is 6.54 Å². The van der Waals surface area contributed by atoms with Crippen molar-refractivity contribution in [2.75, 3.05) is 0 Å². The second-order valence-electron chi connectivity index (χ2n) is 8.12. The Kier molecular flexibility index (Phi) is 4.86. The Balaban J connectivity index is 1.72. The zero-order valence-electron chi connectivity index (χ0n) is 18.0. The molecule has 0 bridgehead atoms. The first-order valence-corrected chi connectivity index (χ1v) is 11.4. The highest BCUT2D eigenvalue weighted by Gasteiger charge is 2.22. The van der Waals surface area contributed by atoms with Crippen LogP contribution in [0, 0.1) is 6.92 Å². The summed E-state index contributed by atoms with van der Waals surface area (Å²) in [5.74, 6) is 0. The summed E-state index contributed by atoms with van der Waals surface area (Å²) in [7, 11) is 0. The number of benzene rings is 3. The van der Waals surface area contributed by atoms with Gasteiger partial charge in [-0.2, -0.15) is 0 Å². The molecule has 166 valence electrons. The largest absolute Gasteiger partial charge is 0.294 e. The Morgan fingerprint density at radius 1 is 0.882 bits per heavy atom. The fraction of sp³-hybridized carbons (Fsp3) is 0.0769. The minimum absolute atomic E-state index is 0.210. The highest BCUT2D eigenvalue weighted by Crippen LogP contribution is 2.31. The Bertz CT molecular complexity index is 1810. The maximum Gasteiger partial charge on any atom is 0.265 e. The molecule has 3 aromatic heterocycles. The average Bonchev–Trinajstić information content (AvgIpc) is 3.16. The highest BCUT2D eigenvalue weighted by atomic mass is 35.5. The molecule has 0 aliphatic carbocycles. The van der Waals surface area contributed by atoms with Crippen molar-refractivity contribution in [2.45, 2.75) is 13.5 Å². The zero-order chi connectivity index (χ0) is 23.4. The van der Waals surface area contributed by atoms with Gasteiger partial charge in [0.1, 0.15) is 17.2 Å². The third-order valence-electron chi connectivity index (χ3n) is 5.94. The lowest BCUT2D eigenvalue weighted by atomic mass is 10.2. The van der Waals surface area contributed by atoms with Crippen molar-refractivity contribution < 1.29 is 0 Å². The lowest BCUT2D eigenvalue weighted by Gasteiger charge is -2.11. The zero-order valence-corrected chi connectivity index (χ0v) is 19.5. The molecule has 3 aromatic carbocycles. The maximum atomic E-state index is 13.8. The van der Waals surface area contributed by atoms with Crippen LogP contribution < -0.4 is 5.56 Å². The van der Waals surface area contributed by atoms with Crippen LogP contribution in [-0.4, -0.2) is 24.1 Å². The van der Waals surface area contributed by atoms with Crippen molar-refractivity contribution in [1.82, 2.24) is 24.1 Å². The average molecular weight is 486 g/mol. The van der Waals surface area contributed by atoms with Crippen LogP contribution in [0.2, 0.25) is 10.0 Å². The monoisotopic (exact) mass is 485 g/mol. The summed E-state index contributed by atoms with van der Waals surface area (Å²) in [4.78, 5) is 28.2. The van der Waals surface area contributed by atoms with Crippen LogP contribution in [0.25, 0.3) is 38.9 Å². The van der Waals surface area contributed by atoms with Gasteiger partial charge in [0.2, 0.25) is 0 Å². The maximum absolute atomic E-state index is 13.8. The molecule has 0 spiro atoms. The summed E-state index contributed by atoms with van der Waals surface area (Å²) in [6.07, 6.45) is 1.54. The molecule has 0 atom stereocenters. The van der Waals surface area contributed by atoms with E-state index in [-0.39, 0.29) is 5.56 Å². The smallest absolute Gasteiger partial charge is 0.265 e. The summed E-state index contributed by atoms with van der Waals surface area (Å²) in [6.45, 7) is 2.28. The SMILES string of the molecule is Cc1ccc(Cl)cc1-n1c2nc3ccccc3nc2c2c(=O)n(Cc3ccccc3Cl)cnc21. The normalized spacial score (nSPS) is 11.6. The molecule has 0 amide bonds. The standard InChI is InChI=1S/C26H17Cl2N5O/c1-15-10-11-17(27)12-21(15)33-24-22(23-25(33)31-20-9-5-4-8-19(20)30-23)26(34)32(14-29-24)13-16-6-2-3-7-18(16)28/h2-12,14H,13H2,1H3. The number of aryl methyl sites for hydroxylation is 1. The number of rotatable bonds is 3. The predicted octanol–water partition coefficient (Wildman–Crippen LogP) is 5.95. The Hall–Kier alpha value is -3.74. The Labute approximate surface area is 204 Å². The molecular weight excluding hydrogens is 469 g/mol. The molecule has 0 aliphatic rings. The van der Waals surface area contributed by atoms with Gasteiger partial charge >= 0.3 is 0 Å². The van der Waals surface area contributed by atoms with Crippen LogP contribution in [0.5, 0.6) is 0 Å². The summed E-state index contributed by atoms with van der Waals surface area (Å²) in [5.41, 5.74) is 5.37. The molecule has 0 saturated carbocycles. The number of aromatic nitrogens is 5. The molecule has 0 unspecified atom stereocenters. The summed E-state index contributed by atoms with van der Waals surface area (Å²) >= 11 is 12.7. The third kappa shape index (κ3) is 3.26. The minimum atomic E-state index is -0.210. The molecule has 0 N–H and O–H groups in total. The van der Waals surface area contributed by atoms with Gasteiger partial charge in [-0.1, -0.05) is 59.6 Å². The third-order valence-corrected chi connectivity index (χ3v) is 6.54. The molecule has 3 heterocycles. The van der Waals surface area contributed by atoms with E-state index in [1.165, 1.54) is 0 Å². The molecular formula is C26H17Cl2N5O. The molecule has 6 aromatic rings. The van der Waals surface area contributed by atoms with Gasteiger partial charge in [0.25, 0.3) is 5.56 Å². The van der Waals surface area contributed by atoms with Crippen LogP contribution in [0.3, 0.4) is 0 Å². The summed E-state index contributed by atoms with van der Waals surface area (Å²) < 4.78 is 3.42. The lowest BCUT2D eigenvalue weighted by Crippen LogP contribution is -2.21. The summed E-state index contributed by atoms with van der Waals surface area (Å²) in [6, 6.07) is 20.7. The first kappa shape index (κ1) is 20.8. The van der Waals surface area contributed by atoms with Crippen molar-refractivity contribution in [3.63, 3.8) is 0 Å². The molecule has 6 rings (SSSR count). The first-order chi connectivity index (χ1) is 16.5. The number of halogens is 2. The molecule has 34 heavy (non-hydrogen) atoms. The van der Waals surface area contributed by atoms with Crippen LogP contribution >= 0.6 is 23.2 Å². The van der Waals surface area contributed by atoms with Crippen molar-refractivity contribution >= 4 is 56.4 Å². The second kappa shape index (κ2) is 7.94. The second-order valence-corrected chi connectivity index (χ2v) is 8.96. The van der Waals surface area contributed by atoms with Gasteiger partial charge < -0.3 is 0 Å². The van der Waals surface area contributed by atoms with Gasteiger partial charge in [-0.3, -0.25) is 13.9 Å². The van der Waals surface area contributed by atoms with E-state index in [9.17, 15) is 4.79 Å². The van der Waals surface area contributed by atoms with Gasteiger partial charge in [0, 0.05) is 10.0 Å². The first-order valence-electron chi connectivity index (χ1n) is 10.7. The van der Waals surface area contributed by atoms with Crippen molar-refractivity contribution in [2.24, 2.45) is 0 Å². The topological polar surface area (TPSA) is 65.6 Å². The number of para-hydroxylation sites is 2. The van der Waals surface area contributed by atoms with Crippen molar-refractivity contribution in [3.05, 3.63) is 105 Å². The molecule has 0 saturated heterocycles. The van der Waals surface area contributed by atoms with Crippen LogP contribution in [0.1, 0.15) is 11.1 Å². The van der Waals surface area contributed by atoms with Crippen LogP contribution in [0.4, 0.5) is 0 Å². The number of nitrogens with zero attached hydrogens (tertiary/aromatic N) is 5. The quantitative estimate of drug-likeness (QED) is 0.310. The number of fused-ring (bicyclic) bond motifs is 4. The van der Waals surface area contributed by atoms with Gasteiger partial charge in [-0.15, -0.1) is 0 Å². The van der Waals surface area contributed by atoms with E-state index in [4.69, 9.17) is 38.2 Å². The van der Waals surface area contributed by atoms with Crippen LogP contribution in [0.15, 0.2) is 77.9 Å². The van der Waals surface area contributed by atoms with Gasteiger partial charge in [-0.25, -0.2) is 15.0 Å². The molecule has 0 radical (unpaired) electrons. The number of hydrogen-bond donors (Lipinski definition) is 0. The van der Waals surface area contributed by atoms with E-state index >= 15 is 0 Å². The Morgan fingerprint density at radius 2 is 1.62 bits per heavy atom. The lowest BCUT2D eigenvalue weighted by molar-refractivity contribution is 0.747. The molecule has 8 heteroatoms. The van der Waals surface area contributed by atoms with Gasteiger partial charge in [0.05, 0.1) is 23.3 Å². The highest BCUT2D eigenvalue weighted by molar-refractivity contribution is 6.31. The van der Waals surface area contributed by atoms with E-state index in [1.54, 1.807) is 17.0 Å². The van der Waals surface area contributed by atoms with E-state index in [0.717, 1.165) is 22.3 Å². The Morgan fingerprint density at radius 3 is 2.41 bits per heavy atom. The van der Waals surface area contributed by atoms with E-state index in [0.29, 0.717) is 44.3 Å². The van der Waals surface area contributed by atoms with E-state index < -0.39 is 0 Å². The number of hydrogen-bond acceptors (Lipinski definition) is 4. The van der Waals surface area contributed by atoms with Gasteiger partial charge in [0.15, 0.2) is 11.3 Å².